The van der Waals surface area contributed by atoms with Crippen molar-refractivity contribution in [2.45, 2.75) is 6.92 Å². The second-order valence-corrected chi connectivity index (χ2v) is 4.30. The van der Waals surface area contributed by atoms with E-state index in [4.69, 9.17) is 29.8 Å². The van der Waals surface area contributed by atoms with Gasteiger partial charge in [0.05, 0.1) is 6.57 Å². The summed E-state index contributed by atoms with van der Waals surface area (Å²) < 4.78 is 0. The fraction of sp³-hybridized carbons (Fsp3) is 0.0769. The van der Waals surface area contributed by atoms with E-state index in [1.54, 1.807) is 6.07 Å². The summed E-state index contributed by atoms with van der Waals surface area (Å²) in [5.41, 5.74) is 3.08. The predicted molar refractivity (Wildman–Crippen MR) is 70.7 cm³/mol. The number of aryl methyl sites for hydroxylation is 1. The molecule has 0 radical (unpaired) electrons. The number of hydrogen-bond acceptors (Lipinski definition) is 1. The minimum absolute atomic E-state index is 0.144. The molecule has 1 aromatic carbocycles. The molecule has 0 aliphatic rings. The molecule has 0 saturated carbocycles. The van der Waals surface area contributed by atoms with Crippen molar-refractivity contribution in [2.75, 3.05) is 0 Å². The molecule has 0 fully saturated rings. The summed E-state index contributed by atoms with van der Waals surface area (Å²) in [5.74, 6) is 0. The van der Waals surface area contributed by atoms with Crippen molar-refractivity contribution in [3.63, 3.8) is 0 Å². The molecular formula is C13H8Cl2N2. The van der Waals surface area contributed by atoms with Gasteiger partial charge in [0.25, 0.3) is 0 Å². The number of aromatic nitrogens is 1. The van der Waals surface area contributed by atoms with E-state index in [1.807, 2.05) is 31.2 Å². The van der Waals surface area contributed by atoms with Crippen LogP contribution < -0.4 is 0 Å². The zero-order chi connectivity index (χ0) is 12.4. The van der Waals surface area contributed by atoms with Crippen LogP contribution in [-0.4, -0.2) is 4.98 Å². The summed E-state index contributed by atoms with van der Waals surface area (Å²) in [4.78, 5) is 7.30. The number of rotatable bonds is 1. The molecule has 17 heavy (non-hydrogen) atoms. The van der Waals surface area contributed by atoms with Gasteiger partial charge in [0.2, 0.25) is 5.69 Å². The first kappa shape index (κ1) is 11.9. The Morgan fingerprint density at radius 3 is 2.53 bits per heavy atom. The minimum Gasteiger partial charge on any atom is -0.236 e. The predicted octanol–water partition coefficient (Wildman–Crippen LogP) is 4.91. The van der Waals surface area contributed by atoms with Crippen LogP contribution in [0.25, 0.3) is 16.0 Å². The average Bonchev–Trinajstić information content (AvgIpc) is 2.28. The Morgan fingerprint density at radius 2 is 1.88 bits per heavy atom. The fourth-order valence-electron chi connectivity index (χ4n) is 1.66. The average molecular weight is 263 g/mol. The molecule has 0 N–H and O–H groups in total. The molecular weight excluding hydrogens is 255 g/mol. The van der Waals surface area contributed by atoms with Gasteiger partial charge < -0.3 is 0 Å². The second-order valence-electron chi connectivity index (χ2n) is 3.56. The number of pyridine rings is 1. The quantitative estimate of drug-likeness (QED) is 0.527. The Labute approximate surface area is 110 Å². The van der Waals surface area contributed by atoms with E-state index >= 15 is 0 Å². The Morgan fingerprint density at radius 1 is 1.18 bits per heavy atom. The van der Waals surface area contributed by atoms with Crippen molar-refractivity contribution >= 4 is 28.9 Å². The van der Waals surface area contributed by atoms with Gasteiger partial charge in [0.15, 0.2) is 0 Å². The molecule has 4 heteroatoms. The van der Waals surface area contributed by atoms with Gasteiger partial charge in [-0.3, -0.25) is 0 Å². The lowest BCUT2D eigenvalue weighted by Gasteiger charge is -2.09. The zero-order valence-corrected chi connectivity index (χ0v) is 10.5. The van der Waals surface area contributed by atoms with E-state index in [-0.39, 0.29) is 5.15 Å². The normalized spacial score (nSPS) is 10.0. The van der Waals surface area contributed by atoms with Gasteiger partial charge in [-0.1, -0.05) is 47.5 Å². The molecule has 2 aromatic rings. The van der Waals surface area contributed by atoms with Gasteiger partial charge in [-0.05, 0) is 29.7 Å². The summed E-state index contributed by atoms with van der Waals surface area (Å²) in [7, 11) is 0. The highest BCUT2D eigenvalue weighted by Crippen LogP contribution is 2.38. The van der Waals surface area contributed by atoms with Gasteiger partial charge in [0.1, 0.15) is 10.3 Å². The molecule has 1 aromatic heterocycles. The first-order valence-electron chi connectivity index (χ1n) is 4.93. The maximum Gasteiger partial charge on any atom is 0.231 e. The Balaban J connectivity index is 2.76. The standard InChI is InChI=1S/C13H8Cl2N2/c1-8-5-3-4-6-9(8)10-7-11(14)17-13(15)12(10)16-2/h3-7H,1H3. The van der Waals surface area contributed by atoms with Crippen molar-refractivity contribution in [3.05, 3.63) is 57.6 Å². The molecule has 84 valence electrons. The summed E-state index contributed by atoms with van der Waals surface area (Å²) in [6.07, 6.45) is 0. The molecule has 2 nitrogen and oxygen atoms in total. The number of halogens is 2. The molecule has 0 amide bonds. The number of nitrogens with zero attached hydrogens (tertiary/aromatic N) is 2. The molecule has 0 unspecified atom stereocenters. The van der Waals surface area contributed by atoms with E-state index in [9.17, 15) is 0 Å². The minimum atomic E-state index is 0.144. The SMILES string of the molecule is [C-]#[N+]c1c(-c2ccccc2C)cc(Cl)nc1Cl. The summed E-state index contributed by atoms with van der Waals surface area (Å²) >= 11 is 11.8. The third kappa shape index (κ3) is 2.26. The van der Waals surface area contributed by atoms with Crippen LogP contribution in [0, 0.1) is 13.5 Å². The Hall–Kier alpha value is -1.56. The van der Waals surface area contributed by atoms with Crippen molar-refractivity contribution in [1.29, 1.82) is 0 Å². The van der Waals surface area contributed by atoms with Crippen molar-refractivity contribution < 1.29 is 0 Å². The van der Waals surface area contributed by atoms with Crippen molar-refractivity contribution in [3.8, 4) is 11.1 Å². The maximum absolute atomic E-state index is 7.17. The Bertz CT molecular complexity index is 615. The lowest BCUT2D eigenvalue weighted by atomic mass is 10.0. The molecule has 2 rings (SSSR count). The molecule has 0 bridgehead atoms. The third-order valence-electron chi connectivity index (χ3n) is 2.47. The summed E-state index contributed by atoms with van der Waals surface area (Å²) in [5, 5.41) is 0.436. The monoisotopic (exact) mass is 262 g/mol. The van der Waals surface area contributed by atoms with Crippen LogP contribution in [0.4, 0.5) is 5.69 Å². The van der Waals surface area contributed by atoms with Crippen molar-refractivity contribution in [2.24, 2.45) is 0 Å². The van der Waals surface area contributed by atoms with E-state index in [0.717, 1.165) is 16.7 Å². The van der Waals surface area contributed by atoms with Crippen LogP contribution in [0.2, 0.25) is 10.3 Å². The fourth-order valence-corrected chi connectivity index (χ4v) is 2.14. The topological polar surface area (TPSA) is 17.2 Å². The molecule has 1 heterocycles. The van der Waals surface area contributed by atoms with Crippen LogP contribution in [0.15, 0.2) is 30.3 Å². The smallest absolute Gasteiger partial charge is 0.231 e. The van der Waals surface area contributed by atoms with Crippen LogP contribution >= 0.6 is 23.2 Å². The molecule has 0 atom stereocenters. The number of hydrogen-bond donors (Lipinski definition) is 0. The lowest BCUT2D eigenvalue weighted by molar-refractivity contribution is 1.33. The van der Waals surface area contributed by atoms with E-state index in [0.29, 0.717) is 10.8 Å². The summed E-state index contributed by atoms with van der Waals surface area (Å²) in [6.45, 7) is 9.15. The zero-order valence-electron chi connectivity index (χ0n) is 9.04. The highest BCUT2D eigenvalue weighted by Gasteiger charge is 2.13. The van der Waals surface area contributed by atoms with Gasteiger partial charge in [0, 0.05) is 0 Å². The molecule has 0 aliphatic heterocycles. The largest absolute Gasteiger partial charge is 0.236 e. The van der Waals surface area contributed by atoms with E-state index in [2.05, 4.69) is 9.83 Å². The third-order valence-corrected chi connectivity index (χ3v) is 2.92. The highest BCUT2D eigenvalue weighted by atomic mass is 35.5. The Kier molecular flexibility index (Phi) is 3.33. The first-order chi connectivity index (χ1) is 8.13. The van der Waals surface area contributed by atoms with Crippen LogP contribution in [0.5, 0.6) is 0 Å². The lowest BCUT2D eigenvalue weighted by Crippen LogP contribution is -1.86. The van der Waals surface area contributed by atoms with E-state index in [1.165, 1.54) is 0 Å². The van der Waals surface area contributed by atoms with Crippen LogP contribution in [0.3, 0.4) is 0 Å². The number of benzene rings is 1. The van der Waals surface area contributed by atoms with Gasteiger partial charge in [-0.2, -0.15) is 0 Å². The van der Waals surface area contributed by atoms with E-state index < -0.39 is 0 Å². The van der Waals surface area contributed by atoms with Gasteiger partial charge in [-0.25, -0.2) is 9.83 Å². The molecule has 0 saturated heterocycles. The summed E-state index contributed by atoms with van der Waals surface area (Å²) in [6, 6.07) is 9.44. The first-order valence-corrected chi connectivity index (χ1v) is 5.68. The second kappa shape index (κ2) is 4.75. The maximum atomic E-state index is 7.17. The van der Waals surface area contributed by atoms with Gasteiger partial charge in [-0.15, -0.1) is 0 Å². The highest BCUT2D eigenvalue weighted by molar-refractivity contribution is 6.35. The van der Waals surface area contributed by atoms with Crippen LogP contribution in [0.1, 0.15) is 5.56 Å². The molecule has 0 spiro atoms. The van der Waals surface area contributed by atoms with Gasteiger partial charge >= 0.3 is 0 Å². The van der Waals surface area contributed by atoms with Crippen molar-refractivity contribution in [1.82, 2.24) is 4.98 Å². The molecule has 0 aliphatic carbocycles. The van der Waals surface area contributed by atoms with Crippen LogP contribution in [-0.2, 0) is 0 Å².